The van der Waals surface area contributed by atoms with Crippen LogP contribution in [0.15, 0.2) is 81.9 Å². The van der Waals surface area contributed by atoms with Crippen LogP contribution < -0.4 is 0 Å². The molecule has 1 aromatic heterocycles. The summed E-state index contributed by atoms with van der Waals surface area (Å²) in [5.41, 5.74) is 8.66. The molecule has 1 N–H and O–H groups in total. The van der Waals surface area contributed by atoms with Gasteiger partial charge in [-0.1, -0.05) is 23.6 Å². The molecule has 32 heavy (non-hydrogen) atoms. The third-order valence-electron chi connectivity index (χ3n) is 5.80. The molecule has 1 aliphatic carbocycles. The normalized spacial score (nSPS) is 16.2. The maximum Gasteiger partial charge on any atom is 0.309 e. The van der Waals surface area contributed by atoms with Crippen molar-refractivity contribution in [3.63, 3.8) is 0 Å². The van der Waals surface area contributed by atoms with Gasteiger partial charge in [0.05, 0.1) is 11.5 Å². The summed E-state index contributed by atoms with van der Waals surface area (Å²) in [6.45, 7) is 1.47. The van der Waals surface area contributed by atoms with Gasteiger partial charge in [-0.25, -0.2) is 8.78 Å². The molecule has 0 spiro atoms. The molecule has 3 aromatic rings. The molecule has 4 nitrogen and oxygen atoms in total. The Morgan fingerprint density at radius 2 is 1.94 bits per heavy atom. The summed E-state index contributed by atoms with van der Waals surface area (Å²) in [5, 5.41) is 9.78. The number of hydrogen-bond donors (Lipinski definition) is 1. The molecule has 6 heteroatoms. The Hall–Kier alpha value is -3.69. The van der Waals surface area contributed by atoms with Gasteiger partial charge in [0.25, 0.3) is 0 Å². The standard InChI is InChI=1S/C26H19F2NO3/c27-22-4-2-1-3-18(22)9-16-6-8-24-19(10-16)12-25(32-24)21-7-5-17(11-23(21)28)13-29-14-20(15-29)26(30)31/h2,4-8,10-12,20H,9,13-15H2,(H,30,31). The third kappa shape index (κ3) is 3.95. The number of fused-ring (bicyclic) bond motifs is 1. The lowest BCUT2D eigenvalue weighted by Crippen LogP contribution is -2.49. The lowest BCUT2D eigenvalue weighted by molar-refractivity contribution is -0.147. The molecular formula is C26H19F2NO3. The van der Waals surface area contributed by atoms with Crippen LogP contribution in [-0.2, 0) is 17.8 Å². The van der Waals surface area contributed by atoms with Crippen LogP contribution in [0.5, 0.6) is 0 Å². The monoisotopic (exact) mass is 431 g/mol. The Labute approximate surface area is 183 Å². The SMILES string of the molecule is O=C(O)C1CN(Cc2ccc(-c3cc4cc(CC5=C=C=CC=C5F)ccc4o3)c(F)c2)C1. The number of furan rings is 1. The van der Waals surface area contributed by atoms with E-state index in [2.05, 4.69) is 11.5 Å². The minimum absolute atomic E-state index is 0.324. The zero-order valence-electron chi connectivity index (χ0n) is 17.1. The van der Waals surface area contributed by atoms with E-state index in [1.165, 1.54) is 18.2 Å². The first-order valence-electron chi connectivity index (χ1n) is 10.3. The molecule has 2 aliphatic rings. The number of aliphatic carboxylic acids is 1. The molecule has 1 saturated heterocycles. The van der Waals surface area contributed by atoms with Crippen LogP contribution in [-0.4, -0.2) is 29.1 Å². The molecule has 2 heterocycles. The second-order valence-corrected chi connectivity index (χ2v) is 8.13. The number of likely N-dealkylation sites (tertiary alicyclic amines) is 1. The molecular weight excluding hydrogens is 412 g/mol. The Balaban J connectivity index is 1.34. The van der Waals surface area contributed by atoms with Crippen molar-refractivity contribution < 1.29 is 23.1 Å². The second-order valence-electron chi connectivity index (χ2n) is 8.13. The molecule has 0 radical (unpaired) electrons. The summed E-state index contributed by atoms with van der Waals surface area (Å²) < 4.78 is 34.6. The lowest BCUT2D eigenvalue weighted by atomic mass is 9.99. The molecule has 2 aromatic carbocycles. The first kappa shape index (κ1) is 20.2. The van der Waals surface area contributed by atoms with Crippen molar-refractivity contribution in [1.29, 1.82) is 0 Å². The van der Waals surface area contributed by atoms with E-state index < -0.39 is 11.8 Å². The fraction of sp³-hybridized carbons (Fsp3) is 0.192. The molecule has 160 valence electrons. The summed E-state index contributed by atoms with van der Waals surface area (Å²) in [6.07, 6.45) is 3.22. The number of hydrogen-bond acceptors (Lipinski definition) is 3. The van der Waals surface area contributed by atoms with Crippen LogP contribution in [0.1, 0.15) is 11.1 Å². The first-order valence-corrected chi connectivity index (χ1v) is 10.3. The highest BCUT2D eigenvalue weighted by molar-refractivity contribution is 5.83. The fourth-order valence-electron chi connectivity index (χ4n) is 4.04. The minimum atomic E-state index is -0.791. The van der Waals surface area contributed by atoms with Crippen molar-refractivity contribution in [3.8, 4) is 11.3 Å². The van der Waals surface area contributed by atoms with E-state index in [1.54, 1.807) is 18.2 Å². The van der Waals surface area contributed by atoms with Gasteiger partial charge in [0.15, 0.2) is 0 Å². The van der Waals surface area contributed by atoms with Crippen molar-refractivity contribution in [2.24, 2.45) is 5.92 Å². The number of nitrogens with zero attached hydrogens (tertiary/aromatic N) is 1. The molecule has 0 bridgehead atoms. The second kappa shape index (κ2) is 8.10. The van der Waals surface area contributed by atoms with Gasteiger partial charge in [0.1, 0.15) is 23.0 Å². The van der Waals surface area contributed by atoms with Gasteiger partial charge in [-0.3, -0.25) is 9.69 Å². The van der Waals surface area contributed by atoms with Crippen LogP contribution in [0.4, 0.5) is 8.78 Å². The van der Waals surface area contributed by atoms with Crippen LogP contribution in [0.2, 0.25) is 0 Å². The molecule has 0 unspecified atom stereocenters. The van der Waals surface area contributed by atoms with Crippen molar-refractivity contribution in [2.45, 2.75) is 13.0 Å². The zero-order valence-corrected chi connectivity index (χ0v) is 17.1. The highest BCUT2D eigenvalue weighted by atomic mass is 19.1. The molecule has 0 amide bonds. The number of carbonyl (C=O) groups is 1. The van der Waals surface area contributed by atoms with Gasteiger partial charge in [-0.2, -0.15) is 0 Å². The molecule has 1 fully saturated rings. The van der Waals surface area contributed by atoms with Gasteiger partial charge < -0.3 is 9.52 Å². The largest absolute Gasteiger partial charge is 0.481 e. The Kier molecular flexibility index (Phi) is 5.12. The Bertz CT molecular complexity index is 1360. The quantitative estimate of drug-likeness (QED) is 0.531. The van der Waals surface area contributed by atoms with Crippen LogP contribution >= 0.6 is 0 Å². The van der Waals surface area contributed by atoms with Gasteiger partial charge in [0, 0.05) is 37.0 Å². The fourth-order valence-corrected chi connectivity index (χ4v) is 4.04. The smallest absolute Gasteiger partial charge is 0.309 e. The summed E-state index contributed by atoms with van der Waals surface area (Å²) in [5.74, 6) is -1.43. The molecule has 5 rings (SSSR count). The van der Waals surface area contributed by atoms with Crippen molar-refractivity contribution in [2.75, 3.05) is 13.1 Å². The topological polar surface area (TPSA) is 53.7 Å². The van der Waals surface area contributed by atoms with Crippen molar-refractivity contribution in [1.82, 2.24) is 4.90 Å². The van der Waals surface area contributed by atoms with Crippen LogP contribution in [0, 0.1) is 11.7 Å². The predicted molar refractivity (Wildman–Crippen MR) is 116 cm³/mol. The van der Waals surface area contributed by atoms with E-state index in [1.807, 2.05) is 23.1 Å². The maximum atomic E-state index is 14.8. The van der Waals surface area contributed by atoms with E-state index in [0.717, 1.165) is 16.5 Å². The minimum Gasteiger partial charge on any atom is -0.481 e. The van der Waals surface area contributed by atoms with Crippen LogP contribution in [0.25, 0.3) is 22.3 Å². The average molecular weight is 431 g/mol. The number of benzene rings is 2. The summed E-state index contributed by atoms with van der Waals surface area (Å²) >= 11 is 0. The predicted octanol–water partition coefficient (Wildman–Crippen LogP) is 5.40. The number of rotatable bonds is 6. The zero-order chi connectivity index (χ0) is 22.2. The number of halogens is 2. The Morgan fingerprint density at radius 3 is 2.69 bits per heavy atom. The van der Waals surface area contributed by atoms with E-state index in [4.69, 9.17) is 9.52 Å². The van der Waals surface area contributed by atoms with E-state index in [9.17, 15) is 13.6 Å². The van der Waals surface area contributed by atoms with Crippen molar-refractivity contribution in [3.05, 3.63) is 94.4 Å². The van der Waals surface area contributed by atoms with E-state index in [-0.39, 0.29) is 11.7 Å². The molecule has 0 saturated carbocycles. The van der Waals surface area contributed by atoms with Gasteiger partial charge >= 0.3 is 5.97 Å². The summed E-state index contributed by atoms with van der Waals surface area (Å²) in [4.78, 5) is 12.9. The molecule has 1 aliphatic heterocycles. The van der Waals surface area contributed by atoms with Gasteiger partial charge in [-0.05, 0) is 53.6 Å². The maximum absolute atomic E-state index is 14.8. The molecule has 0 atom stereocenters. The third-order valence-corrected chi connectivity index (χ3v) is 5.80. The Morgan fingerprint density at radius 1 is 1.12 bits per heavy atom. The van der Waals surface area contributed by atoms with E-state index >= 15 is 0 Å². The van der Waals surface area contributed by atoms with Gasteiger partial charge in [-0.15, -0.1) is 0 Å². The number of allylic oxidation sites excluding steroid dienone is 4. The number of carboxylic acid groups (broad SMARTS) is 1. The highest BCUT2D eigenvalue weighted by Crippen LogP contribution is 2.32. The average Bonchev–Trinajstić information content (AvgIpc) is 3.15. The van der Waals surface area contributed by atoms with E-state index in [0.29, 0.717) is 48.5 Å². The van der Waals surface area contributed by atoms with Crippen molar-refractivity contribution >= 4 is 16.9 Å². The number of carboxylic acids is 1. The summed E-state index contributed by atoms with van der Waals surface area (Å²) in [6, 6.07) is 12.3. The first-order chi connectivity index (χ1) is 15.5. The van der Waals surface area contributed by atoms with Gasteiger partial charge in [0.2, 0.25) is 0 Å². The van der Waals surface area contributed by atoms with Crippen LogP contribution in [0.3, 0.4) is 0 Å². The summed E-state index contributed by atoms with van der Waals surface area (Å²) in [7, 11) is 0. The highest BCUT2D eigenvalue weighted by Gasteiger charge is 2.32. The lowest BCUT2D eigenvalue weighted by Gasteiger charge is -2.36.